The maximum absolute atomic E-state index is 11.9. The van der Waals surface area contributed by atoms with E-state index in [0.717, 1.165) is 39.3 Å². The van der Waals surface area contributed by atoms with E-state index in [2.05, 4.69) is 4.90 Å². The van der Waals surface area contributed by atoms with Gasteiger partial charge in [0.1, 0.15) is 0 Å². The number of nitrogen functional groups attached to an aromatic ring is 1. The quantitative estimate of drug-likeness (QED) is 0.437. The van der Waals surface area contributed by atoms with Crippen molar-refractivity contribution in [2.45, 2.75) is 13.3 Å². The zero-order valence-corrected chi connectivity index (χ0v) is 14.4. The summed E-state index contributed by atoms with van der Waals surface area (Å²) in [4.78, 5) is 14.2. The Morgan fingerprint density at radius 3 is 2.71 bits per heavy atom. The van der Waals surface area contributed by atoms with E-state index >= 15 is 0 Å². The minimum atomic E-state index is -0.466. The van der Waals surface area contributed by atoms with Crippen molar-refractivity contribution in [3.8, 4) is 11.5 Å². The van der Waals surface area contributed by atoms with Gasteiger partial charge in [-0.05, 0) is 13.3 Å². The van der Waals surface area contributed by atoms with Crippen LogP contribution in [0.4, 0.5) is 5.69 Å². The third kappa shape index (κ3) is 5.01. The highest BCUT2D eigenvalue weighted by Gasteiger charge is 2.17. The molecule has 0 atom stereocenters. The Hall–Kier alpha value is -1.99. The smallest absolute Gasteiger partial charge is 0.340 e. The number of benzene rings is 1. The fraction of sp³-hybridized carbons (Fsp3) is 0.588. The monoisotopic (exact) mass is 338 g/mol. The topological polar surface area (TPSA) is 83.2 Å². The summed E-state index contributed by atoms with van der Waals surface area (Å²) >= 11 is 0. The van der Waals surface area contributed by atoms with E-state index in [-0.39, 0.29) is 5.56 Å². The highest BCUT2D eigenvalue weighted by Crippen LogP contribution is 2.32. The lowest BCUT2D eigenvalue weighted by Gasteiger charge is -2.26. The molecule has 1 fully saturated rings. The molecule has 1 heterocycles. The molecule has 1 saturated heterocycles. The Morgan fingerprint density at radius 2 is 2.04 bits per heavy atom. The first-order valence-electron chi connectivity index (χ1n) is 8.23. The molecule has 1 aromatic rings. The van der Waals surface area contributed by atoms with Gasteiger partial charge in [-0.3, -0.25) is 4.90 Å². The van der Waals surface area contributed by atoms with Gasteiger partial charge in [-0.2, -0.15) is 0 Å². The molecule has 2 rings (SSSR count). The predicted molar refractivity (Wildman–Crippen MR) is 90.7 cm³/mol. The van der Waals surface area contributed by atoms with E-state index in [0.29, 0.717) is 30.4 Å². The summed E-state index contributed by atoms with van der Waals surface area (Å²) in [6, 6.07) is 3.17. The number of carbonyl (C=O) groups is 1. The summed E-state index contributed by atoms with van der Waals surface area (Å²) < 4.78 is 21.4. The Morgan fingerprint density at radius 1 is 1.29 bits per heavy atom. The zero-order chi connectivity index (χ0) is 17.4. The van der Waals surface area contributed by atoms with Crippen LogP contribution < -0.4 is 15.2 Å². The molecule has 0 aliphatic carbocycles. The van der Waals surface area contributed by atoms with Gasteiger partial charge >= 0.3 is 5.97 Å². The number of esters is 1. The molecule has 1 aliphatic rings. The molecular weight excluding hydrogens is 312 g/mol. The third-order valence-corrected chi connectivity index (χ3v) is 3.81. The minimum absolute atomic E-state index is 0.286. The Balaban J connectivity index is 1.91. The van der Waals surface area contributed by atoms with Crippen LogP contribution in [0.25, 0.3) is 0 Å². The summed E-state index contributed by atoms with van der Waals surface area (Å²) in [6.07, 6.45) is 0.892. The summed E-state index contributed by atoms with van der Waals surface area (Å²) in [6.45, 7) is 7.06. The van der Waals surface area contributed by atoms with Crippen molar-refractivity contribution in [1.82, 2.24) is 4.90 Å². The lowest BCUT2D eigenvalue weighted by atomic mass is 10.1. The standard InChI is InChI=1S/C17H26N2O5/c1-3-23-17(20)13-11-15(21-2)16(12-14(13)18)24-8-4-5-19-6-9-22-10-7-19/h11-12H,3-10,18H2,1-2H3. The summed E-state index contributed by atoms with van der Waals surface area (Å²) in [7, 11) is 1.53. The normalized spacial score (nSPS) is 15.1. The molecule has 2 N–H and O–H groups in total. The highest BCUT2D eigenvalue weighted by atomic mass is 16.5. The number of anilines is 1. The van der Waals surface area contributed by atoms with Gasteiger partial charge < -0.3 is 24.7 Å². The average molecular weight is 338 g/mol. The van der Waals surface area contributed by atoms with Gasteiger partial charge in [-0.1, -0.05) is 0 Å². The van der Waals surface area contributed by atoms with Crippen molar-refractivity contribution in [3.05, 3.63) is 17.7 Å². The maximum Gasteiger partial charge on any atom is 0.340 e. The number of ether oxygens (including phenoxy) is 4. The number of hydrogen-bond donors (Lipinski definition) is 1. The van der Waals surface area contributed by atoms with Gasteiger partial charge in [0, 0.05) is 31.8 Å². The number of methoxy groups -OCH3 is 1. The number of carbonyl (C=O) groups excluding carboxylic acids is 1. The van der Waals surface area contributed by atoms with E-state index in [1.54, 1.807) is 19.1 Å². The second-order valence-corrected chi connectivity index (χ2v) is 5.47. The minimum Gasteiger partial charge on any atom is -0.493 e. The maximum atomic E-state index is 11.9. The molecule has 134 valence electrons. The Kier molecular flexibility index (Phi) is 7.14. The van der Waals surface area contributed by atoms with Gasteiger partial charge in [0.05, 0.1) is 44.8 Å². The highest BCUT2D eigenvalue weighted by molar-refractivity contribution is 5.96. The van der Waals surface area contributed by atoms with Crippen molar-refractivity contribution in [3.63, 3.8) is 0 Å². The summed E-state index contributed by atoms with van der Waals surface area (Å²) in [5, 5.41) is 0. The van der Waals surface area contributed by atoms with Gasteiger partial charge in [-0.15, -0.1) is 0 Å². The summed E-state index contributed by atoms with van der Waals surface area (Å²) in [5.74, 6) is 0.538. The van der Waals surface area contributed by atoms with E-state index < -0.39 is 5.97 Å². The second kappa shape index (κ2) is 9.34. The first kappa shape index (κ1) is 18.4. The fourth-order valence-corrected chi connectivity index (χ4v) is 2.53. The van der Waals surface area contributed by atoms with Gasteiger partial charge in [-0.25, -0.2) is 4.79 Å². The van der Waals surface area contributed by atoms with Crippen LogP contribution in [0.5, 0.6) is 11.5 Å². The van der Waals surface area contributed by atoms with Gasteiger partial charge in [0.25, 0.3) is 0 Å². The van der Waals surface area contributed by atoms with Crippen LogP contribution in [0.1, 0.15) is 23.7 Å². The molecule has 0 saturated carbocycles. The molecule has 0 aromatic heterocycles. The molecule has 24 heavy (non-hydrogen) atoms. The molecule has 7 nitrogen and oxygen atoms in total. The number of morpholine rings is 1. The zero-order valence-electron chi connectivity index (χ0n) is 14.4. The van der Waals surface area contributed by atoms with Crippen molar-refractivity contribution >= 4 is 11.7 Å². The number of nitrogens with two attached hydrogens (primary N) is 1. The number of nitrogens with zero attached hydrogens (tertiary/aromatic N) is 1. The first-order valence-corrected chi connectivity index (χ1v) is 8.23. The molecule has 1 aliphatic heterocycles. The van der Waals surface area contributed by atoms with Crippen molar-refractivity contribution < 1.29 is 23.7 Å². The molecule has 1 aromatic carbocycles. The van der Waals surface area contributed by atoms with Crippen LogP contribution in [0.2, 0.25) is 0 Å². The lowest BCUT2D eigenvalue weighted by molar-refractivity contribution is 0.0357. The average Bonchev–Trinajstić information content (AvgIpc) is 2.60. The Labute approximate surface area is 142 Å². The first-order chi connectivity index (χ1) is 11.7. The molecule has 0 spiro atoms. The third-order valence-electron chi connectivity index (χ3n) is 3.81. The van der Waals surface area contributed by atoms with Crippen LogP contribution >= 0.6 is 0 Å². The van der Waals surface area contributed by atoms with Gasteiger partial charge in [0.2, 0.25) is 0 Å². The Bertz CT molecular complexity index is 544. The van der Waals surface area contributed by atoms with Crippen LogP contribution in [-0.4, -0.2) is 64.0 Å². The summed E-state index contributed by atoms with van der Waals surface area (Å²) in [5.41, 5.74) is 6.54. The van der Waals surface area contributed by atoms with Crippen LogP contribution in [0, 0.1) is 0 Å². The SMILES string of the molecule is CCOC(=O)c1cc(OC)c(OCCCN2CCOCC2)cc1N. The molecule has 7 heteroatoms. The molecule has 0 radical (unpaired) electrons. The molecule has 0 bridgehead atoms. The predicted octanol–water partition coefficient (Wildman–Crippen LogP) is 1.56. The van der Waals surface area contributed by atoms with Crippen LogP contribution in [0.15, 0.2) is 12.1 Å². The fourth-order valence-electron chi connectivity index (χ4n) is 2.53. The molecule has 0 amide bonds. The molecular formula is C17H26N2O5. The molecule has 0 unspecified atom stereocenters. The lowest BCUT2D eigenvalue weighted by Crippen LogP contribution is -2.37. The van der Waals surface area contributed by atoms with E-state index in [9.17, 15) is 4.79 Å². The van der Waals surface area contributed by atoms with E-state index in [1.807, 2.05) is 0 Å². The van der Waals surface area contributed by atoms with Crippen LogP contribution in [-0.2, 0) is 9.47 Å². The van der Waals surface area contributed by atoms with Gasteiger partial charge in [0.15, 0.2) is 11.5 Å². The van der Waals surface area contributed by atoms with Crippen LogP contribution in [0.3, 0.4) is 0 Å². The largest absolute Gasteiger partial charge is 0.493 e. The van der Waals surface area contributed by atoms with Crippen molar-refractivity contribution in [2.75, 3.05) is 58.9 Å². The van der Waals surface area contributed by atoms with Crippen molar-refractivity contribution in [2.24, 2.45) is 0 Å². The van der Waals surface area contributed by atoms with E-state index in [4.69, 9.17) is 24.7 Å². The number of hydrogen-bond acceptors (Lipinski definition) is 7. The van der Waals surface area contributed by atoms with E-state index in [1.165, 1.54) is 7.11 Å². The van der Waals surface area contributed by atoms with Crippen molar-refractivity contribution in [1.29, 1.82) is 0 Å². The second-order valence-electron chi connectivity index (χ2n) is 5.47. The number of rotatable bonds is 8.